The molecular weight excluding hydrogens is 302 g/mol. The van der Waals surface area contributed by atoms with Crippen LogP contribution < -0.4 is 5.32 Å². The zero-order valence-electron chi connectivity index (χ0n) is 13.6. The molecule has 0 spiro atoms. The summed E-state index contributed by atoms with van der Waals surface area (Å²) >= 11 is 0. The van der Waals surface area contributed by atoms with Gasteiger partial charge in [-0.15, -0.1) is 0 Å². The van der Waals surface area contributed by atoms with Crippen LogP contribution in [0.25, 0.3) is 0 Å². The topological polar surface area (TPSA) is 50.7 Å². The fourth-order valence-electron chi connectivity index (χ4n) is 3.68. The number of nitrogens with one attached hydrogen (secondary N) is 1. The van der Waals surface area contributed by atoms with Crippen LogP contribution in [0.4, 0.5) is 0 Å². The number of aliphatic hydroxyl groups excluding tert-OH is 1. The van der Waals surface area contributed by atoms with Crippen LogP contribution in [0.15, 0.2) is 60.7 Å². The third-order valence-electron chi connectivity index (χ3n) is 4.93. The summed E-state index contributed by atoms with van der Waals surface area (Å²) in [6.45, 7) is 1.32. The second-order valence-electron chi connectivity index (χ2n) is 6.55. The summed E-state index contributed by atoms with van der Waals surface area (Å²) < 4.78 is 12.8. The van der Waals surface area contributed by atoms with Crippen molar-refractivity contribution in [2.24, 2.45) is 0 Å². The zero-order valence-corrected chi connectivity index (χ0v) is 13.6. The van der Waals surface area contributed by atoms with Crippen LogP contribution in [-0.2, 0) is 15.3 Å². The molecule has 2 N–H and O–H groups in total. The number of aliphatic hydroxyl groups is 1. The van der Waals surface area contributed by atoms with Crippen molar-refractivity contribution in [1.29, 1.82) is 0 Å². The van der Waals surface area contributed by atoms with Gasteiger partial charge in [-0.05, 0) is 19.4 Å². The minimum absolute atomic E-state index is 0.0830. The van der Waals surface area contributed by atoms with Crippen molar-refractivity contribution in [2.45, 2.75) is 36.9 Å². The molecule has 126 valence electrons. The molecule has 2 aliphatic heterocycles. The van der Waals surface area contributed by atoms with E-state index in [0.717, 1.165) is 24.1 Å². The molecule has 4 rings (SSSR count). The molecule has 0 saturated carbocycles. The second-order valence-corrected chi connectivity index (χ2v) is 6.55. The van der Waals surface area contributed by atoms with Gasteiger partial charge in [0.2, 0.25) is 5.79 Å². The van der Waals surface area contributed by atoms with Crippen LogP contribution in [0.5, 0.6) is 0 Å². The standard InChI is InChI=1S/C20H23NO3/c22-17-11-12-21-18(13-17)19-14-23-20(24-19,15-7-3-1-4-8-15)16-9-5-2-6-10-16/h1-10,17-19,21-22H,11-14H2/t17-,18+,19-/m1/s1. The lowest BCUT2D eigenvalue weighted by Crippen LogP contribution is -2.48. The highest BCUT2D eigenvalue weighted by Gasteiger charge is 2.47. The molecule has 4 nitrogen and oxygen atoms in total. The van der Waals surface area contributed by atoms with Crippen molar-refractivity contribution in [2.75, 3.05) is 13.2 Å². The van der Waals surface area contributed by atoms with E-state index < -0.39 is 5.79 Å². The molecule has 2 aromatic rings. The first-order valence-corrected chi connectivity index (χ1v) is 8.62. The Bertz CT molecular complexity index is 622. The number of hydrogen-bond acceptors (Lipinski definition) is 4. The van der Waals surface area contributed by atoms with Crippen LogP contribution in [0.3, 0.4) is 0 Å². The van der Waals surface area contributed by atoms with Crippen LogP contribution >= 0.6 is 0 Å². The molecule has 0 aromatic heterocycles. The molecule has 0 unspecified atom stereocenters. The van der Waals surface area contributed by atoms with Gasteiger partial charge in [-0.3, -0.25) is 0 Å². The van der Waals surface area contributed by atoms with Crippen molar-refractivity contribution >= 4 is 0 Å². The number of ether oxygens (including phenoxy) is 2. The summed E-state index contributed by atoms with van der Waals surface area (Å²) in [5.41, 5.74) is 1.99. The molecule has 3 atom stereocenters. The molecule has 0 aliphatic carbocycles. The first-order valence-electron chi connectivity index (χ1n) is 8.62. The lowest BCUT2D eigenvalue weighted by molar-refractivity contribution is -0.147. The van der Waals surface area contributed by atoms with E-state index in [1.165, 1.54) is 0 Å². The van der Waals surface area contributed by atoms with Gasteiger partial charge in [-0.25, -0.2) is 0 Å². The second kappa shape index (κ2) is 6.65. The maximum absolute atomic E-state index is 9.97. The van der Waals surface area contributed by atoms with Crippen LogP contribution in [0.2, 0.25) is 0 Å². The van der Waals surface area contributed by atoms with Gasteiger partial charge in [0.1, 0.15) is 6.10 Å². The molecule has 0 bridgehead atoms. The largest absolute Gasteiger partial charge is 0.393 e. The predicted molar refractivity (Wildman–Crippen MR) is 91.5 cm³/mol. The average molecular weight is 325 g/mol. The van der Waals surface area contributed by atoms with E-state index >= 15 is 0 Å². The predicted octanol–water partition coefficient (Wildman–Crippen LogP) is 2.42. The van der Waals surface area contributed by atoms with E-state index in [9.17, 15) is 5.11 Å². The Morgan fingerprint density at radius 1 is 0.958 bits per heavy atom. The summed E-state index contributed by atoms with van der Waals surface area (Å²) in [4.78, 5) is 0. The van der Waals surface area contributed by atoms with Gasteiger partial charge >= 0.3 is 0 Å². The third-order valence-corrected chi connectivity index (χ3v) is 4.93. The molecule has 24 heavy (non-hydrogen) atoms. The minimum atomic E-state index is -0.878. The minimum Gasteiger partial charge on any atom is -0.393 e. The SMILES string of the molecule is O[C@@H]1CCN[C@H]([C@H]2COC(c3ccccc3)(c3ccccc3)O2)C1. The van der Waals surface area contributed by atoms with Crippen LogP contribution in [0, 0.1) is 0 Å². The summed E-state index contributed by atoms with van der Waals surface area (Å²) in [5.74, 6) is -0.878. The van der Waals surface area contributed by atoms with E-state index in [4.69, 9.17) is 9.47 Å². The van der Waals surface area contributed by atoms with Gasteiger partial charge < -0.3 is 19.9 Å². The Balaban J connectivity index is 1.66. The summed E-state index contributed by atoms with van der Waals surface area (Å²) in [6, 6.07) is 20.3. The number of piperidine rings is 1. The van der Waals surface area contributed by atoms with Crippen molar-refractivity contribution in [3.8, 4) is 0 Å². The Morgan fingerprint density at radius 2 is 1.58 bits per heavy atom. The van der Waals surface area contributed by atoms with Crippen molar-refractivity contribution in [3.05, 3.63) is 71.8 Å². The van der Waals surface area contributed by atoms with Crippen molar-refractivity contribution in [1.82, 2.24) is 5.32 Å². The van der Waals surface area contributed by atoms with Gasteiger partial charge in [-0.1, -0.05) is 60.7 Å². The van der Waals surface area contributed by atoms with Gasteiger partial charge in [0.25, 0.3) is 0 Å². The first-order chi connectivity index (χ1) is 11.8. The van der Waals surface area contributed by atoms with Crippen LogP contribution in [0.1, 0.15) is 24.0 Å². The summed E-state index contributed by atoms with van der Waals surface area (Å²) in [6.07, 6.45) is 1.16. The quantitative estimate of drug-likeness (QED) is 0.910. The fraction of sp³-hybridized carbons (Fsp3) is 0.400. The lowest BCUT2D eigenvalue weighted by atomic mass is 9.96. The molecule has 0 radical (unpaired) electrons. The maximum Gasteiger partial charge on any atom is 0.222 e. The third kappa shape index (κ3) is 2.87. The van der Waals surface area contributed by atoms with Gasteiger partial charge in [0, 0.05) is 17.2 Å². The molecule has 2 fully saturated rings. The highest BCUT2D eigenvalue weighted by molar-refractivity contribution is 5.34. The fourth-order valence-corrected chi connectivity index (χ4v) is 3.68. The molecule has 2 heterocycles. The number of rotatable bonds is 3. The van der Waals surface area contributed by atoms with Crippen molar-refractivity contribution < 1.29 is 14.6 Å². The van der Waals surface area contributed by atoms with Gasteiger partial charge in [0.05, 0.1) is 12.7 Å². The van der Waals surface area contributed by atoms with Crippen molar-refractivity contribution in [3.63, 3.8) is 0 Å². The Hall–Kier alpha value is -1.72. The Labute approximate surface area is 142 Å². The highest BCUT2D eigenvalue weighted by Crippen LogP contribution is 2.41. The monoisotopic (exact) mass is 325 g/mol. The van der Waals surface area contributed by atoms with Gasteiger partial charge in [-0.2, -0.15) is 0 Å². The molecule has 2 aromatic carbocycles. The summed E-state index contributed by atoms with van der Waals surface area (Å²) in [5, 5.41) is 13.4. The van der Waals surface area contributed by atoms with Gasteiger partial charge in [0.15, 0.2) is 0 Å². The van der Waals surface area contributed by atoms with E-state index in [2.05, 4.69) is 5.32 Å². The molecular formula is C20H23NO3. The first kappa shape index (κ1) is 15.8. The molecule has 2 aliphatic rings. The molecule has 0 amide bonds. The summed E-state index contributed by atoms with van der Waals surface area (Å²) in [7, 11) is 0. The zero-order chi connectivity index (χ0) is 16.4. The van der Waals surface area contributed by atoms with E-state index in [-0.39, 0.29) is 18.2 Å². The lowest BCUT2D eigenvalue weighted by Gasteiger charge is -2.33. The van der Waals surface area contributed by atoms with E-state index in [0.29, 0.717) is 13.0 Å². The number of hydrogen-bond donors (Lipinski definition) is 2. The van der Waals surface area contributed by atoms with E-state index in [1.807, 2.05) is 60.7 Å². The Morgan fingerprint density at radius 3 is 2.17 bits per heavy atom. The highest BCUT2D eigenvalue weighted by atomic mass is 16.7. The smallest absolute Gasteiger partial charge is 0.222 e. The maximum atomic E-state index is 9.97. The average Bonchev–Trinajstić information content (AvgIpc) is 3.10. The number of benzene rings is 2. The Kier molecular flexibility index (Phi) is 4.37. The molecule has 4 heteroatoms. The normalized spacial score (nSPS) is 29.5. The molecule has 2 saturated heterocycles. The van der Waals surface area contributed by atoms with E-state index in [1.54, 1.807) is 0 Å². The van der Waals surface area contributed by atoms with Crippen LogP contribution in [-0.4, -0.2) is 36.5 Å².